The van der Waals surface area contributed by atoms with E-state index in [9.17, 15) is 19.2 Å². The number of anilines is 1. The fourth-order valence-electron chi connectivity index (χ4n) is 4.64. The van der Waals surface area contributed by atoms with Crippen molar-refractivity contribution in [1.29, 1.82) is 0 Å². The Balaban J connectivity index is 1.87. The number of benzene rings is 1. The SMILES string of the molecule is CCOC(=O)c1ccc(N2C(=O)CC(N(C(=O)C3CCCCC3)C(C)(C)CC)C2=O)cc1. The molecule has 1 aromatic rings. The molecular formula is C25H34N2O5. The molecule has 174 valence electrons. The van der Waals surface area contributed by atoms with Crippen molar-refractivity contribution in [1.82, 2.24) is 4.90 Å². The summed E-state index contributed by atoms with van der Waals surface area (Å²) in [4.78, 5) is 54.7. The number of amides is 3. The van der Waals surface area contributed by atoms with E-state index in [1.54, 1.807) is 36.1 Å². The molecule has 3 rings (SSSR count). The van der Waals surface area contributed by atoms with Gasteiger partial charge in [0.25, 0.3) is 5.91 Å². The third-order valence-electron chi connectivity index (χ3n) is 6.78. The van der Waals surface area contributed by atoms with Gasteiger partial charge in [-0.2, -0.15) is 0 Å². The first-order chi connectivity index (χ1) is 15.2. The second-order valence-corrected chi connectivity index (χ2v) is 9.26. The molecular weight excluding hydrogens is 408 g/mol. The van der Waals surface area contributed by atoms with Crippen LogP contribution in [0, 0.1) is 5.92 Å². The normalized spacial score (nSPS) is 19.9. The van der Waals surface area contributed by atoms with Crippen molar-refractivity contribution < 1.29 is 23.9 Å². The van der Waals surface area contributed by atoms with Crippen LogP contribution in [0.5, 0.6) is 0 Å². The highest BCUT2D eigenvalue weighted by Gasteiger charge is 2.49. The van der Waals surface area contributed by atoms with Crippen molar-refractivity contribution >= 4 is 29.4 Å². The molecule has 1 unspecified atom stereocenters. The molecule has 1 heterocycles. The van der Waals surface area contributed by atoms with Gasteiger partial charge < -0.3 is 9.64 Å². The van der Waals surface area contributed by atoms with E-state index in [2.05, 4.69) is 0 Å². The number of carbonyl (C=O) groups excluding carboxylic acids is 4. The number of imide groups is 1. The van der Waals surface area contributed by atoms with Crippen LogP contribution in [0.2, 0.25) is 0 Å². The summed E-state index contributed by atoms with van der Waals surface area (Å²) < 4.78 is 4.99. The van der Waals surface area contributed by atoms with Crippen LogP contribution in [0.4, 0.5) is 5.69 Å². The molecule has 32 heavy (non-hydrogen) atoms. The monoisotopic (exact) mass is 442 g/mol. The molecule has 3 amide bonds. The van der Waals surface area contributed by atoms with E-state index in [0.29, 0.717) is 17.7 Å². The van der Waals surface area contributed by atoms with Gasteiger partial charge in [-0.05, 0) is 64.3 Å². The van der Waals surface area contributed by atoms with Gasteiger partial charge in [-0.3, -0.25) is 14.4 Å². The van der Waals surface area contributed by atoms with Crippen LogP contribution in [0.1, 0.15) is 83.0 Å². The molecule has 7 nitrogen and oxygen atoms in total. The lowest BCUT2D eigenvalue weighted by Crippen LogP contribution is -2.57. The van der Waals surface area contributed by atoms with Crippen LogP contribution in [-0.4, -0.2) is 46.8 Å². The van der Waals surface area contributed by atoms with Crippen molar-refractivity contribution in [3.63, 3.8) is 0 Å². The molecule has 0 radical (unpaired) electrons. The highest BCUT2D eigenvalue weighted by Crippen LogP contribution is 2.35. The van der Waals surface area contributed by atoms with Crippen LogP contribution in [0.25, 0.3) is 0 Å². The quantitative estimate of drug-likeness (QED) is 0.469. The molecule has 0 aromatic heterocycles. The van der Waals surface area contributed by atoms with Gasteiger partial charge in [-0.1, -0.05) is 26.2 Å². The maximum absolute atomic E-state index is 13.6. The highest BCUT2D eigenvalue weighted by atomic mass is 16.5. The number of carbonyl (C=O) groups is 4. The summed E-state index contributed by atoms with van der Waals surface area (Å²) in [5.41, 5.74) is 0.209. The predicted molar refractivity (Wildman–Crippen MR) is 121 cm³/mol. The van der Waals surface area contributed by atoms with E-state index in [1.807, 2.05) is 20.8 Å². The minimum absolute atomic E-state index is 0.0118. The standard InChI is InChI=1S/C25H34N2O5/c1-5-25(3,4)27(22(29)17-10-8-7-9-11-17)20-16-21(28)26(23(20)30)19-14-12-18(13-15-19)24(31)32-6-2/h12-15,17,20H,5-11,16H2,1-4H3. The lowest BCUT2D eigenvalue weighted by Gasteiger charge is -2.43. The Labute approximate surface area is 190 Å². The van der Waals surface area contributed by atoms with Crippen molar-refractivity contribution in [2.45, 2.75) is 84.2 Å². The Kier molecular flexibility index (Phi) is 7.36. The smallest absolute Gasteiger partial charge is 0.338 e. The predicted octanol–water partition coefficient (Wildman–Crippen LogP) is 4.09. The van der Waals surface area contributed by atoms with Crippen molar-refractivity contribution in [2.24, 2.45) is 5.92 Å². The van der Waals surface area contributed by atoms with Gasteiger partial charge in [0.2, 0.25) is 11.8 Å². The zero-order chi connectivity index (χ0) is 23.5. The Morgan fingerprint density at radius 3 is 2.25 bits per heavy atom. The topological polar surface area (TPSA) is 84.0 Å². The van der Waals surface area contributed by atoms with E-state index >= 15 is 0 Å². The number of ether oxygens (including phenoxy) is 1. The summed E-state index contributed by atoms with van der Waals surface area (Å²) in [5, 5.41) is 0. The Hall–Kier alpha value is -2.70. The molecule has 1 aliphatic carbocycles. The summed E-state index contributed by atoms with van der Waals surface area (Å²) in [6.07, 6.45) is 5.50. The molecule has 1 saturated carbocycles. The minimum Gasteiger partial charge on any atom is -0.462 e. The molecule has 0 spiro atoms. The van der Waals surface area contributed by atoms with Crippen LogP contribution in [0.15, 0.2) is 24.3 Å². The van der Waals surface area contributed by atoms with E-state index < -0.39 is 17.6 Å². The molecule has 2 aliphatic rings. The average molecular weight is 443 g/mol. The second kappa shape index (κ2) is 9.84. The summed E-state index contributed by atoms with van der Waals surface area (Å²) in [7, 11) is 0. The molecule has 2 fully saturated rings. The molecule has 7 heteroatoms. The summed E-state index contributed by atoms with van der Waals surface area (Å²) >= 11 is 0. The van der Waals surface area contributed by atoms with E-state index in [-0.39, 0.29) is 36.7 Å². The summed E-state index contributed by atoms with van der Waals surface area (Å²) in [6.45, 7) is 7.91. The fraction of sp³-hybridized carbons (Fsp3) is 0.600. The zero-order valence-corrected chi connectivity index (χ0v) is 19.6. The molecule has 1 atom stereocenters. The molecule has 0 bridgehead atoms. The third-order valence-corrected chi connectivity index (χ3v) is 6.78. The zero-order valence-electron chi connectivity index (χ0n) is 19.6. The number of hydrogen-bond donors (Lipinski definition) is 0. The minimum atomic E-state index is -0.809. The Morgan fingerprint density at radius 1 is 1.06 bits per heavy atom. The first-order valence-corrected chi connectivity index (χ1v) is 11.7. The Bertz CT molecular complexity index is 871. The van der Waals surface area contributed by atoms with E-state index in [1.165, 1.54) is 0 Å². The van der Waals surface area contributed by atoms with Gasteiger partial charge in [-0.15, -0.1) is 0 Å². The van der Waals surface area contributed by atoms with Crippen molar-refractivity contribution in [3.05, 3.63) is 29.8 Å². The molecule has 0 N–H and O–H groups in total. The van der Waals surface area contributed by atoms with Gasteiger partial charge >= 0.3 is 5.97 Å². The fourth-order valence-corrected chi connectivity index (χ4v) is 4.64. The van der Waals surface area contributed by atoms with Gasteiger partial charge in [0.15, 0.2) is 0 Å². The first kappa shape index (κ1) is 24.0. The van der Waals surface area contributed by atoms with Gasteiger partial charge in [0.05, 0.1) is 24.3 Å². The lowest BCUT2D eigenvalue weighted by atomic mass is 9.85. The van der Waals surface area contributed by atoms with Crippen LogP contribution >= 0.6 is 0 Å². The maximum Gasteiger partial charge on any atom is 0.338 e. The first-order valence-electron chi connectivity index (χ1n) is 11.7. The summed E-state index contributed by atoms with van der Waals surface area (Å²) in [5.74, 6) is -1.27. The van der Waals surface area contributed by atoms with E-state index in [4.69, 9.17) is 4.74 Å². The molecule has 1 aliphatic heterocycles. The lowest BCUT2D eigenvalue weighted by molar-refractivity contribution is -0.149. The maximum atomic E-state index is 13.6. The van der Waals surface area contributed by atoms with Crippen LogP contribution in [-0.2, 0) is 19.1 Å². The second-order valence-electron chi connectivity index (χ2n) is 9.26. The van der Waals surface area contributed by atoms with Gasteiger partial charge in [-0.25, -0.2) is 9.69 Å². The molecule has 1 saturated heterocycles. The van der Waals surface area contributed by atoms with Crippen molar-refractivity contribution in [3.8, 4) is 0 Å². The van der Waals surface area contributed by atoms with Gasteiger partial charge in [0.1, 0.15) is 6.04 Å². The average Bonchev–Trinajstić information content (AvgIpc) is 3.08. The van der Waals surface area contributed by atoms with E-state index in [0.717, 1.165) is 37.0 Å². The van der Waals surface area contributed by atoms with Crippen LogP contribution < -0.4 is 4.90 Å². The Morgan fingerprint density at radius 2 is 1.69 bits per heavy atom. The number of hydrogen-bond acceptors (Lipinski definition) is 5. The van der Waals surface area contributed by atoms with Crippen LogP contribution in [0.3, 0.4) is 0 Å². The molecule has 1 aromatic carbocycles. The highest BCUT2D eigenvalue weighted by molar-refractivity contribution is 6.23. The largest absolute Gasteiger partial charge is 0.462 e. The number of esters is 1. The number of rotatable bonds is 7. The van der Waals surface area contributed by atoms with Gasteiger partial charge in [0, 0.05) is 11.5 Å². The number of nitrogens with zero attached hydrogens (tertiary/aromatic N) is 2. The van der Waals surface area contributed by atoms with Crippen molar-refractivity contribution in [2.75, 3.05) is 11.5 Å². The third kappa shape index (κ3) is 4.71. The summed E-state index contributed by atoms with van der Waals surface area (Å²) in [6, 6.07) is 5.42.